The molecule has 0 bridgehead atoms. The van der Waals surface area contributed by atoms with Crippen molar-refractivity contribution in [3.8, 4) is 0 Å². The van der Waals surface area contributed by atoms with Gasteiger partial charge >= 0.3 is 11.9 Å². The predicted molar refractivity (Wildman–Crippen MR) is 76.2 cm³/mol. The second-order valence-electron chi connectivity index (χ2n) is 4.34. The summed E-state index contributed by atoms with van der Waals surface area (Å²) in [6.45, 7) is 1.96. The molecule has 0 amide bonds. The average Bonchev–Trinajstić information content (AvgIpc) is 2.50. The quantitative estimate of drug-likeness (QED) is 0.794. The van der Waals surface area contributed by atoms with Crippen LogP contribution in [0.3, 0.4) is 0 Å². The monoisotopic (exact) mass is 289 g/mol. The highest BCUT2D eigenvalue weighted by Crippen LogP contribution is 2.14. The first kappa shape index (κ1) is 14.8. The molecule has 2 rings (SSSR count). The maximum Gasteiger partial charge on any atom is 0.338 e. The first-order chi connectivity index (χ1) is 10.1. The third-order valence-electron chi connectivity index (χ3n) is 3.02. The highest BCUT2D eigenvalue weighted by atomic mass is 16.5. The number of carbonyl (C=O) groups excluding carboxylic acids is 2. The zero-order chi connectivity index (χ0) is 15.4. The molecule has 0 unspecified atom stereocenters. The maximum absolute atomic E-state index is 11.9. The van der Waals surface area contributed by atoms with E-state index in [0.29, 0.717) is 16.5 Å². The van der Waals surface area contributed by atoms with Crippen LogP contribution in [0, 0.1) is 0 Å². The van der Waals surface area contributed by atoms with Crippen LogP contribution in [0.5, 0.6) is 0 Å². The van der Waals surface area contributed by atoms with Crippen molar-refractivity contribution in [1.29, 1.82) is 0 Å². The smallest absolute Gasteiger partial charge is 0.338 e. The van der Waals surface area contributed by atoms with Gasteiger partial charge in [0.1, 0.15) is 6.54 Å². The van der Waals surface area contributed by atoms with Gasteiger partial charge in [0.15, 0.2) is 5.43 Å². The van der Waals surface area contributed by atoms with E-state index in [4.69, 9.17) is 4.74 Å². The van der Waals surface area contributed by atoms with Gasteiger partial charge in [-0.3, -0.25) is 9.59 Å². The highest BCUT2D eigenvalue weighted by Gasteiger charge is 2.11. The van der Waals surface area contributed by atoms with Crippen molar-refractivity contribution in [1.82, 2.24) is 4.57 Å². The van der Waals surface area contributed by atoms with Crippen molar-refractivity contribution < 1.29 is 19.1 Å². The lowest BCUT2D eigenvalue weighted by atomic mass is 10.1. The Kier molecular flexibility index (Phi) is 4.37. The number of rotatable bonds is 4. The molecule has 1 aromatic heterocycles. The van der Waals surface area contributed by atoms with E-state index in [1.54, 1.807) is 23.6 Å². The standard InChI is InChI=1S/C15H15NO5/c1-3-21-15(19)10-4-5-12-11(8-10)13(17)6-7-16(12)9-14(18)20-2/h4-8H,3,9H2,1-2H3. The molecule has 0 N–H and O–H groups in total. The van der Waals surface area contributed by atoms with Gasteiger partial charge in [-0.1, -0.05) is 0 Å². The van der Waals surface area contributed by atoms with E-state index < -0.39 is 11.9 Å². The Morgan fingerprint density at radius 1 is 1.24 bits per heavy atom. The van der Waals surface area contributed by atoms with E-state index in [0.717, 1.165) is 0 Å². The van der Waals surface area contributed by atoms with Crippen molar-refractivity contribution in [2.24, 2.45) is 0 Å². The summed E-state index contributed by atoms with van der Waals surface area (Å²) in [7, 11) is 1.30. The molecule has 6 nitrogen and oxygen atoms in total. The second-order valence-corrected chi connectivity index (χ2v) is 4.34. The fourth-order valence-electron chi connectivity index (χ4n) is 1.99. The van der Waals surface area contributed by atoms with E-state index >= 15 is 0 Å². The van der Waals surface area contributed by atoms with Gasteiger partial charge in [-0.05, 0) is 25.1 Å². The summed E-state index contributed by atoms with van der Waals surface area (Å²) < 4.78 is 11.1. The van der Waals surface area contributed by atoms with Crippen LogP contribution in [0.2, 0.25) is 0 Å². The number of ether oxygens (including phenoxy) is 2. The lowest BCUT2D eigenvalue weighted by molar-refractivity contribution is -0.141. The van der Waals surface area contributed by atoms with E-state index in [2.05, 4.69) is 4.74 Å². The van der Waals surface area contributed by atoms with Crippen LogP contribution in [0.4, 0.5) is 0 Å². The third-order valence-corrected chi connectivity index (χ3v) is 3.02. The number of methoxy groups -OCH3 is 1. The lowest BCUT2D eigenvalue weighted by Gasteiger charge is -2.10. The predicted octanol–water partition coefficient (Wildman–Crippen LogP) is 1.35. The molecule has 0 atom stereocenters. The Balaban J connectivity index is 2.52. The van der Waals surface area contributed by atoms with Gasteiger partial charge in [-0.15, -0.1) is 0 Å². The van der Waals surface area contributed by atoms with E-state index in [-0.39, 0.29) is 18.6 Å². The zero-order valence-corrected chi connectivity index (χ0v) is 11.8. The number of hydrogen-bond acceptors (Lipinski definition) is 5. The molecule has 2 aromatic rings. The number of hydrogen-bond donors (Lipinski definition) is 0. The van der Waals surface area contributed by atoms with Crippen molar-refractivity contribution in [2.45, 2.75) is 13.5 Å². The van der Waals surface area contributed by atoms with Gasteiger partial charge in [0.05, 0.1) is 24.8 Å². The first-order valence-corrected chi connectivity index (χ1v) is 6.44. The van der Waals surface area contributed by atoms with Crippen molar-refractivity contribution in [3.63, 3.8) is 0 Å². The van der Waals surface area contributed by atoms with Crippen LogP contribution in [0.15, 0.2) is 35.3 Å². The van der Waals surface area contributed by atoms with Crippen LogP contribution in [0.1, 0.15) is 17.3 Å². The zero-order valence-electron chi connectivity index (χ0n) is 11.8. The molecule has 1 aromatic carbocycles. The average molecular weight is 289 g/mol. The van der Waals surface area contributed by atoms with Crippen LogP contribution in [-0.2, 0) is 20.8 Å². The Labute approximate surface area is 120 Å². The molecule has 0 saturated carbocycles. The lowest BCUT2D eigenvalue weighted by Crippen LogP contribution is -2.15. The van der Waals surface area contributed by atoms with E-state index in [1.165, 1.54) is 25.4 Å². The topological polar surface area (TPSA) is 74.6 Å². The number of fused-ring (bicyclic) bond motifs is 1. The number of pyridine rings is 1. The van der Waals surface area contributed by atoms with Gasteiger partial charge < -0.3 is 14.0 Å². The Hall–Kier alpha value is -2.63. The number of nitrogens with zero attached hydrogens (tertiary/aromatic N) is 1. The van der Waals surface area contributed by atoms with Gasteiger partial charge in [0, 0.05) is 17.6 Å². The van der Waals surface area contributed by atoms with Gasteiger partial charge in [0.2, 0.25) is 0 Å². The van der Waals surface area contributed by atoms with Crippen LogP contribution in [-0.4, -0.2) is 30.2 Å². The molecule has 0 saturated heterocycles. The largest absolute Gasteiger partial charge is 0.468 e. The molecule has 0 fully saturated rings. The van der Waals surface area contributed by atoms with Crippen LogP contribution >= 0.6 is 0 Å². The van der Waals surface area contributed by atoms with Crippen molar-refractivity contribution in [2.75, 3.05) is 13.7 Å². The summed E-state index contributed by atoms with van der Waals surface area (Å²) in [5.41, 5.74) is 0.635. The first-order valence-electron chi connectivity index (χ1n) is 6.44. The third kappa shape index (κ3) is 3.10. The van der Waals surface area contributed by atoms with Crippen LogP contribution < -0.4 is 5.43 Å². The van der Waals surface area contributed by atoms with Crippen molar-refractivity contribution in [3.05, 3.63) is 46.2 Å². The van der Waals surface area contributed by atoms with E-state index in [1.807, 2.05) is 0 Å². The summed E-state index contributed by atoms with van der Waals surface area (Å²) in [6, 6.07) is 6.00. The fraction of sp³-hybridized carbons (Fsp3) is 0.267. The SMILES string of the molecule is CCOC(=O)c1ccc2c(c1)c(=O)ccn2CC(=O)OC. The number of carbonyl (C=O) groups is 2. The molecule has 0 radical (unpaired) electrons. The molecule has 0 aliphatic carbocycles. The summed E-state index contributed by atoms with van der Waals surface area (Å²) in [4.78, 5) is 35.0. The molecule has 1 heterocycles. The van der Waals surface area contributed by atoms with Crippen LogP contribution in [0.25, 0.3) is 10.9 Å². The summed E-state index contributed by atoms with van der Waals surface area (Å²) in [6.07, 6.45) is 1.52. The maximum atomic E-state index is 11.9. The van der Waals surface area contributed by atoms with Gasteiger partial charge in [-0.25, -0.2) is 4.79 Å². The van der Waals surface area contributed by atoms with E-state index in [9.17, 15) is 14.4 Å². The Morgan fingerprint density at radius 2 is 2.00 bits per heavy atom. The summed E-state index contributed by atoms with van der Waals surface area (Å²) in [5, 5.41) is 0.354. The molecular weight excluding hydrogens is 274 g/mol. The highest BCUT2D eigenvalue weighted by molar-refractivity contribution is 5.94. The minimum Gasteiger partial charge on any atom is -0.468 e. The second kappa shape index (κ2) is 6.21. The minimum atomic E-state index is -0.484. The molecule has 0 aliphatic rings. The summed E-state index contributed by atoms with van der Waals surface area (Å²) >= 11 is 0. The van der Waals surface area contributed by atoms with Gasteiger partial charge in [0.25, 0.3) is 0 Å². The number of aromatic nitrogens is 1. The molecule has 0 spiro atoms. The van der Waals surface area contributed by atoms with Gasteiger partial charge in [-0.2, -0.15) is 0 Å². The number of esters is 2. The molecule has 0 aliphatic heterocycles. The molecular formula is C15H15NO5. The normalized spacial score (nSPS) is 10.4. The molecule has 110 valence electrons. The summed E-state index contributed by atoms with van der Waals surface area (Å²) in [5.74, 6) is -0.906. The Bertz CT molecular complexity index is 747. The minimum absolute atomic E-state index is 0.00790. The Morgan fingerprint density at radius 3 is 2.67 bits per heavy atom. The van der Waals surface area contributed by atoms with Crippen molar-refractivity contribution >= 4 is 22.8 Å². The molecule has 21 heavy (non-hydrogen) atoms. The number of benzene rings is 1. The fourth-order valence-corrected chi connectivity index (χ4v) is 1.99. The molecule has 6 heteroatoms.